The van der Waals surface area contributed by atoms with Gasteiger partial charge in [-0.2, -0.15) is 5.26 Å². The molecule has 0 spiro atoms. The zero-order valence-electron chi connectivity index (χ0n) is 7.80. The number of hydrogen-bond acceptors (Lipinski definition) is 2. The second-order valence-electron chi connectivity index (χ2n) is 2.99. The first-order chi connectivity index (χ1) is 7.65. The molecule has 0 N–H and O–H groups in total. The summed E-state index contributed by atoms with van der Waals surface area (Å²) in [6.07, 6.45) is 1.44. The molecule has 0 amide bonds. The lowest BCUT2D eigenvalue weighted by molar-refractivity contribution is 0.579. The largest absolute Gasteiger partial charge is 0.464 e. The van der Waals surface area contributed by atoms with Crippen LogP contribution in [-0.2, 0) is 0 Å². The van der Waals surface area contributed by atoms with E-state index >= 15 is 0 Å². The molecular formula is C11H4BrClFNO. The van der Waals surface area contributed by atoms with Crippen LogP contribution in [0.1, 0.15) is 5.56 Å². The highest BCUT2D eigenvalue weighted by atomic mass is 79.9. The predicted molar refractivity (Wildman–Crippen MR) is 61.5 cm³/mol. The van der Waals surface area contributed by atoms with Crippen LogP contribution in [0.5, 0.6) is 0 Å². The van der Waals surface area contributed by atoms with Crippen molar-refractivity contribution in [1.82, 2.24) is 0 Å². The lowest BCUT2D eigenvalue weighted by atomic mass is 10.1. The summed E-state index contributed by atoms with van der Waals surface area (Å²) in [6.45, 7) is 0. The van der Waals surface area contributed by atoms with E-state index in [-0.39, 0.29) is 20.6 Å². The quantitative estimate of drug-likeness (QED) is 0.733. The molecule has 1 heterocycles. The molecular weight excluding hydrogens is 296 g/mol. The van der Waals surface area contributed by atoms with Crippen LogP contribution in [0.2, 0.25) is 5.02 Å². The van der Waals surface area contributed by atoms with Crippen molar-refractivity contribution < 1.29 is 8.81 Å². The number of nitrogens with zero attached hydrogens (tertiary/aromatic N) is 1. The first-order valence-corrected chi connectivity index (χ1v) is 5.43. The Balaban J connectivity index is 2.80. The number of furan rings is 1. The van der Waals surface area contributed by atoms with Gasteiger partial charge in [-0.25, -0.2) is 4.39 Å². The SMILES string of the molecule is N#Cc1c(F)c(Br)cc(Cl)c1-c1ccco1. The standard InChI is InChI=1S/C11H4BrClFNO/c12-7-4-8(13)10(6(5-15)11(7)14)9-2-1-3-16-9/h1-4H. The first kappa shape index (κ1) is 11.2. The fraction of sp³-hybridized carbons (Fsp3) is 0. The highest BCUT2D eigenvalue weighted by Crippen LogP contribution is 2.36. The minimum absolute atomic E-state index is 0.130. The first-order valence-electron chi connectivity index (χ1n) is 4.26. The summed E-state index contributed by atoms with van der Waals surface area (Å²) in [5.41, 5.74) is 0.143. The van der Waals surface area contributed by atoms with Gasteiger partial charge in [-0.15, -0.1) is 0 Å². The zero-order chi connectivity index (χ0) is 11.7. The molecule has 0 bridgehead atoms. The van der Waals surface area contributed by atoms with Crippen molar-refractivity contribution >= 4 is 27.5 Å². The summed E-state index contributed by atoms with van der Waals surface area (Å²) in [5.74, 6) is -0.272. The van der Waals surface area contributed by atoms with Gasteiger partial charge in [0.1, 0.15) is 17.4 Å². The minimum Gasteiger partial charge on any atom is -0.464 e. The second kappa shape index (κ2) is 4.28. The van der Waals surface area contributed by atoms with E-state index in [1.165, 1.54) is 12.3 Å². The third kappa shape index (κ3) is 1.73. The molecule has 5 heteroatoms. The van der Waals surface area contributed by atoms with E-state index in [1.54, 1.807) is 18.2 Å². The molecule has 2 aromatic rings. The molecule has 0 atom stereocenters. The number of hydrogen-bond donors (Lipinski definition) is 0. The van der Waals surface area contributed by atoms with Gasteiger partial charge in [-0.05, 0) is 34.1 Å². The van der Waals surface area contributed by atoms with Gasteiger partial charge in [0.15, 0.2) is 5.82 Å². The highest BCUT2D eigenvalue weighted by molar-refractivity contribution is 9.10. The molecule has 0 unspecified atom stereocenters. The van der Waals surface area contributed by atoms with Crippen molar-refractivity contribution in [2.75, 3.05) is 0 Å². The summed E-state index contributed by atoms with van der Waals surface area (Å²) in [5, 5.41) is 9.20. The molecule has 0 aliphatic carbocycles. The Bertz CT molecular complexity index is 575. The third-order valence-corrected chi connectivity index (χ3v) is 2.93. The summed E-state index contributed by atoms with van der Waals surface area (Å²) in [6, 6.07) is 6.45. The summed E-state index contributed by atoms with van der Waals surface area (Å²) in [7, 11) is 0. The lowest BCUT2D eigenvalue weighted by Crippen LogP contribution is -1.91. The predicted octanol–water partition coefficient (Wildman–Crippen LogP) is 4.37. The van der Waals surface area contributed by atoms with Gasteiger partial charge in [0.05, 0.1) is 21.3 Å². The maximum Gasteiger partial charge on any atom is 0.155 e. The van der Waals surface area contributed by atoms with Crippen LogP contribution >= 0.6 is 27.5 Å². The molecule has 16 heavy (non-hydrogen) atoms. The third-order valence-electron chi connectivity index (χ3n) is 2.05. The van der Waals surface area contributed by atoms with Gasteiger partial charge in [0, 0.05) is 0 Å². The Hall–Kier alpha value is -1.31. The maximum absolute atomic E-state index is 13.7. The van der Waals surface area contributed by atoms with Gasteiger partial charge < -0.3 is 4.42 Å². The molecule has 2 nitrogen and oxygen atoms in total. The van der Waals surface area contributed by atoms with Gasteiger partial charge in [-0.1, -0.05) is 11.6 Å². The van der Waals surface area contributed by atoms with Crippen LogP contribution in [0.4, 0.5) is 4.39 Å². The fourth-order valence-corrected chi connectivity index (χ4v) is 2.22. The molecule has 0 aliphatic rings. The van der Waals surface area contributed by atoms with Crippen molar-refractivity contribution in [2.24, 2.45) is 0 Å². The van der Waals surface area contributed by atoms with Crippen LogP contribution in [0.15, 0.2) is 33.4 Å². The number of halogens is 3. The lowest BCUT2D eigenvalue weighted by Gasteiger charge is -2.06. The monoisotopic (exact) mass is 299 g/mol. The van der Waals surface area contributed by atoms with Crippen molar-refractivity contribution in [1.29, 1.82) is 5.26 Å². The van der Waals surface area contributed by atoms with Crippen molar-refractivity contribution in [3.8, 4) is 17.4 Å². The van der Waals surface area contributed by atoms with E-state index in [0.717, 1.165) is 0 Å². The van der Waals surface area contributed by atoms with Crippen molar-refractivity contribution in [3.05, 3.63) is 45.3 Å². The van der Waals surface area contributed by atoms with E-state index in [1.807, 2.05) is 0 Å². The Morgan fingerprint density at radius 3 is 2.81 bits per heavy atom. The molecule has 0 radical (unpaired) electrons. The van der Waals surface area contributed by atoms with E-state index in [9.17, 15) is 4.39 Å². The number of benzene rings is 1. The zero-order valence-corrected chi connectivity index (χ0v) is 10.1. The molecule has 0 saturated carbocycles. The van der Waals surface area contributed by atoms with Crippen LogP contribution in [0, 0.1) is 17.1 Å². The Labute approximate surface area is 104 Å². The molecule has 1 aromatic heterocycles. The van der Waals surface area contributed by atoms with Crippen LogP contribution in [0.3, 0.4) is 0 Å². The van der Waals surface area contributed by atoms with E-state index in [0.29, 0.717) is 5.76 Å². The molecule has 2 rings (SSSR count). The summed E-state index contributed by atoms with van der Waals surface area (Å²) < 4.78 is 18.9. The fourth-order valence-electron chi connectivity index (χ4n) is 1.36. The molecule has 0 saturated heterocycles. The van der Waals surface area contributed by atoms with E-state index in [2.05, 4.69) is 15.9 Å². The molecule has 1 aromatic carbocycles. The minimum atomic E-state index is -0.640. The van der Waals surface area contributed by atoms with Crippen LogP contribution < -0.4 is 0 Å². The highest BCUT2D eigenvalue weighted by Gasteiger charge is 2.19. The van der Waals surface area contributed by atoms with E-state index < -0.39 is 5.82 Å². The Morgan fingerprint density at radius 2 is 2.25 bits per heavy atom. The normalized spacial score (nSPS) is 10.1. The smallest absolute Gasteiger partial charge is 0.155 e. The molecule has 0 fully saturated rings. The molecule has 80 valence electrons. The van der Waals surface area contributed by atoms with Crippen molar-refractivity contribution in [3.63, 3.8) is 0 Å². The number of nitriles is 1. The van der Waals surface area contributed by atoms with Gasteiger partial charge >= 0.3 is 0 Å². The van der Waals surface area contributed by atoms with Gasteiger partial charge in [-0.3, -0.25) is 0 Å². The van der Waals surface area contributed by atoms with Gasteiger partial charge in [0.25, 0.3) is 0 Å². The van der Waals surface area contributed by atoms with Gasteiger partial charge in [0.2, 0.25) is 0 Å². The number of rotatable bonds is 1. The average molecular weight is 301 g/mol. The second-order valence-corrected chi connectivity index (χ2v) is 4.25. The average Bonchev–Trinajstić information content (AvgIpc) is 2.76. The summed E-state index contributed by atoms with van der Waals surface area (Å²) in [4.78, 5) is 0. The topological polar surface area (TPSA) is 36.9 Å². The van der Waals surface area contributed by atoms with E-state index in [4.69, 9.17) is 21.3 Å². The molecule has 0 aliphatic heterocycles. The van der Waals surface area contributed by atoms with Crippen molar-refractivity contribution in [2.45, 2.75) is 0 Å². The van der Waals surface area contributed by atoms with Crippen LogP contribution in [0.25, 0.3) is 11.3 Å². The Morgan fingerprint density at radius 1 is 1.50 bits per heavy atom. The summed E-state index contributed by atoms with van der Waals surface area (Å²) >= 11 is 8.96. The maximum atomic E-state index is 13.7. The Kier molecular flexibility index (Phi) is 2.99. The van der Waals surface area contributed by atoms with Crippen LogP contribution in [-0.4, -0.2) is 0 Å².